The maximum absolute atomic E-state index is 14.7. The molecule has 0 aliphatic carbocycles. The van der Waals surface area contributed by atoms with Gasteiger partial charge in [-0.25, -0.2) is 9.37 Å². The Labute approximate surface area is 195 Å². The van der Waals surface area contributed by atoms with Gasteiger partial charge in [-0.2, -0.15) is 23.4 Å². The smallest absolute Gasteiger partial charge is 0.294 e. The Morgan fingerprint density at radius 1 is 1.24 bits per heavy atom. The third-order valence-electron chi connectivity index (χ3n) is 5.85. The number of aromatic nitrogens is 5. The number of fused-ring (bicyclic) bond motifs is 2. The quantitative estimate of drug-likeness (QED) is 0.314. The molecule has 4 aromatic rings. The highest BCUT2D eigenvalue weighted by atomic mass is 35.5. The molecule has 0 radical (unpaired) electrons. The number of pyridine rings is 1. The van der Waals surface area contributed by atoms with Gasteiger partial charge in [0.15, 0.2) is 11.5 Å². The van der Waals surface area contributed by atoms with Gasteiger partial charge in [-0.3, -0.25) is 14.6 Å². The number of aromatic amines is 1. The molecule has 11 heteroatoms. The van der Waals surface area contributed by atoms with Gasteiger partial charge < -0.3 is 0 Å². The largest absolute Gasteiger partial charge is 0.435 e. The molecule has 0 bridgehead atoms. The van der Waals surface area contributed by atoms with Gasteiger partial charge in [0.1, 0.15) is 17.0 Å². The van der Waals surface area contributed by atoms with Gasteiger partial charge in [-0.05, 0) is 42.3 Å². The number of alkyl halides is 3. The van der Waals surface area contributed by atoms with Gasteiger partial charge in [0.2, 0.25) is 0 Å². The Morgan fingerprint density at radius 3 is 2.74 bits per heavy atom. The van der Waals surface area contributed by atoms with Crippen LogP contribution in [0.1, 0.15) is 35.5 Å². The first-order chi connectivity index (χ1) is 16.1. The van der Waals surface area contributed by atoms with E-state index in [2.05, 4.69) is 20.3 Å². The summed E-state index contributed by atoms with van der Waals surface area (Å²) >= 11 is 5.89. The number of rotatable bonds is 4. The minimum absolute atomic E-state index is 0.102. The number of allylic oxidation sites excluding steroid dienone is 2. The summed E-state index contributed by atoms with van der Waals surface area (Å²) in [5.74, 6) is -1.00. The molecule has 1 atom stereocenters. The van der Waals surface area contributed by atoms with Crippen molar-refractivity contribution in [3.8, 4) is 0 Å². The minimum Gasteiger partial charge on any atom is -0.294 e. The molecule has 4 heterocycles. The SMILES string of the molecule is CC1=C(C(=O)Cc2cc3cn[nH]c3cc2F)C(c2ccc(Cl)nc2)n2nc(C(F)(F)F)cc2C1. The molecule has 0 spiro atoms. The molecule has 0 amide bonds. The molecule has 174 valence electrons. The van der Waals surface area contributed by atoms with Gasteiger partial charge in [-0.15, -0.1) is 0 Å². The average Bonchev–Trinajstić information content (AvgIpc) is 3.40. The number of Topliss-reactive ketones (excluding diaryl/α,β-unsaturated/α-hetero) is 1. The molecule has 1 aliphatic heterocycles. The fourth-order valence-corrected chi connectivity index (χ4v) is 4.42. The zero-order chi connectivity index (χ0) is 24.2. The molecule has 5 rings (SSSR count). The fraction of sp³-hybridized carbons (Fsp3) is 0.217. The standard InChI is InChI=1S/C23H16ClF4N5O/c1-11-4-15-7-19(23(26,27)28)32-33(15)22(12-2-3-20(24)29-9-12)21(11)18(34)6-13-5-14-10-30-31-17(14)8-16(13)25/h2-3,5,7-10,22H,4,6H2,1H3,(H,30,31). The lowest BCUT2D eigenvalue weighted by atomic mass is 9.85. The van der Waals surface area contributed by atoms with E-state index >= 15 is 0 Å². The highest BCUT2D eigenvalue weighted by Crippen LogP contribution is 2.39. The van der Waals surface area contributed by atoms with Gasteiger partial charge >= 0.3 is 6.18 Å². The lowest BCUT2D eigenvalue weighted by Gasteiger charge is -2.29. The van der Waals surface area contributed by atoms with Crippen molar-refractivity contribution in [3.63, 3.8) is 0 Å². The summed E-state index contributed by atoms with van der Waals surface area (Å²) in [6.07, 6.45) is -1.90. The molecular formula is C23H16ClF4N5O. The van der Waals surface area contributed by atoms with Crippen LogP contribution in [0, 0.1) is 5.82 Å². The number of hydrogen-bond acceptors (Lipinski definition) is 4. The molecule has 0 saturated carbocycles. The summed E-state index contributed by atoms with van der Waals surface area (Å²) in [6, 6.07) is 5.89. The summed E-state index contributed by atoms with van der Waals surface area (Å²) in [6.45, 7) is 1.68. The fourth-order valence-electron chi connectivity index (χ4n) is 4.31. The van der Waals surface area contributed by atoms with Gasteiger partial charge in [0, 0.05) is 35.7 Å². The third kappa shape index (κ3) is 3.87. The minimum atomic E-state index is -4.64. The van der Waals surface area contributed by atoms with Crippen LogP contribution in [0.4, 0.5) is 17.6 Å². The van der Waals surface area contributed by atoms with E-state index in [0.29, 0.717) is 27.7 Å². The Bertz CT molecular complexity index is 1450. The van der Waals surface area contributed by atoms with E-state index in [1.54, 1.807) is 13.0 Å². The number of carbonyl (C=O) groups is 1. The highest BCUT2D eigenvalue weighted by Gasteiger charge is 2.39. The predicted octanol–water partition coefficient (Wildman–Crippen LogP) is 5.24. The Hall–Kier alpha value is -3.53. The molecule has 1 aromatic carbocycles. The second-order valence-electron chi connectivity index (χ2n) is 8.15. The Balaban J connectivity index is 1.59. The van der Waals surface area contributed by atoms with Crippen LogP contribution in [-0.4, -0.2) is 30.7 Å². The van der Waals surface area contributed by atoms with Crippen molar-refractivity contribution in [2.45, 2.75) is 32.0 Å². The van der Waals surface area contributed by atoms with E-state index < -0.39 is 29.5 Å². The summed E-state index contributed by atoms with van der Waals surface area (Å²) in [5.41, 5.74) is 1.19. The lowest BCUT2D eigenvalue weighted by molar-refractivity contribution is -0.141. The molecule has 3 aromatic heterocycles. The zero-order valence-corrected chi connectivity index (χ0v) is 18.4. The summed E-state index contributed by atoms with van der Waals surface area (Å²) < 4.78 is 56.1. The number of ketones is 1. The Kier molecular flexibility index (Phi) is 5.27. The topological polar surface area (TPSA) is 76.5 Å². The first kappa shape index (κ1) is 22.3. The van der Waals surface area contributed by atoms with Crippen LogP contribution in [0.2, 0.25) is 5.15 Å². The first-order valence-corrected chi connectivity index (χ1v) is 10.6. The zero-order valence-electron chi connectivity index (χ0n) is 17.6. The normalized spacial score (nSPS) is 16.2. The number of nitrogens with zero attached hydrogens (tertiary/aromatic N) is 4. The van der Waals surface area contributed by atoms with Gasteiger partial charge in [0.05, 0.1) is 11.7 Å². The molecule has 34 heavy (non-hydrogen) atoms. The van der Waals surface area contributed by atoms with Crippen LogP contribution in [0.25, 0.3) is 10.9 Å². The second-order valence-corrected chi connectivity index (χ2v) is 8.54. The van der Waals surface area contributed by atoms with Crippen molar-refractivity contribution in [2.24, 2.45) is 0 Å². The van der Waals surface area contributed by atoms with Crippen molar-refractivity contribution >= 4 is 28.3 Å². The number of carbonyl (C=O) groups excluding carboxylic acids is 1. The molecule has 1 unspecified atom stereocenters. The molecule has 0 fully saturated rings. The average molecular weight is 490 g/mol. The van der Waals surface area contributed by atoms with Crippen LogP contribution in [0.15, 0.2) is 53.9 Å². The summed E-state index contributed by atoms with van der Waals surface area (Å²) in [5, 5.41) is 11.1. The molecule has 6 nitrogen and oxygen atoms in total. The van der Waals surface area contributed by atoms with E-state index in [-0.39, 0.29) is 29.1 Å². The number of benzene rings is 1. The van der Waals surface area contributed by atoms with E-state index in [1.807, 2.05) is 0 Å². The number of H-pyrrole nitrogens is 1. The number of halogens is 5. The van der Waals surface area contributed by atoms with Crippen LogP contribution < -0.4 is 0 Å². The summed E-state index contributed by atoms with van der Waals surface area (Å²) in [4.78, 5) is 17.5. The van der Waals surface area contributed by atoms with Crippen molar-refractivity contribution in [1.82, 2.24) is 25.0 Å². The van der Waals surface area contributed by atoms with E-state index in [9.17, 15) is 22.4 Å². The predicted molar refractivity (Wildman–Crippen MR) is 116 cm³/mol. The number of nitrogens with one attached hydrogen (secondary N) is 1. The van der Waals surface area contributed by atoms with Crippen LogP contribution >= 0.6 is 11.6 Å². The van der Waals surface area contributed by atoms with Crippen LogP contribution in [0.3, 0.4) is 0 Å². The van der Waals surface area contributed by atoms with Crippen LogP contribution in [0.5, 0.6) is 0 Å². The second kappa shape index (κ2) is 8.05. The number of hydrogen-bond donors (Lipinski definition) is 1. The monoisotopic (exact) mass is 489 g/mol. The van der Waals surface area contributed by atoms with Gasteiger partial charge in [0.25, 0.3) is 0 Å². The van der Waals surface area contributed by atoms with Crippen molar-refractivity contribution in [1.29, 1.82) is 0 Å². The maximum atomic E-state index is 14.7. The van der Waals surface area contributed by atoms with Crippen molar-refractivity contribution in [2.75, 3.05) is 0 Å². The molecular weight excluding hydrogens is 474 g/mol. The molecule has 1 N–H and O–H groups in total. The lowest BCUT2D eigenvalue weighted by Crippen LogP contribution is -2.28. The van der Waals surface area contributed by atoms with Crippen molar-refractivity contribution in [3.05, 3.63) is 87.4 Å². The molecule has 1 aliphatic rings. The summed E-state index contributed by atoms with van der Waals surface area (Å²) in [7, 11) is 0. The molecule has 0 saturated heterocycles. The van der Waals surface area contributed by atoms with Gasteiger partial charge in [-0.1, -0.05) is 23.2 Å². The van der Waals surface area contributed by atoms with Crippen molar-refractivity contribution < 1.29 is 22.4 Å². The maximum Gasteiger partial charge on any atom is 0.435 e. The van der Waals surface area contributed by atoms with E-state index in [4.69, 9.17) is 11.6 Å². The van der Waals surface area contributed by atoms with Crippen LogP contribution in [-0.2, 0) is 23.8 Å². The first-order valence-electron chi connectivity index (χ1n) is 10.2. The Morgan fingerprint density at radius 2 is 2.03 bits per heavy atom. The van der Waals surface area contributed by atoms with E-state index in [0.717, 1.165) is 6.07 Å². The third-order valence-corrected chi connectivity index (χ3v) is 6.08. The highest BCUT2D eigenvalue weighted by molar-refractivity contribution is 6.29. The van der Waals surface area contributed by atoms with E-state index in [1.165, 1.54) is 35.3 Å².